The number of aryl methyl sites for hydroxylation is 1. The van der Waals surface area contributed by atoms with Crippen molar-refractivity contribution in [2.24, 2.45) is 5.73 Å². The fraction of sp³-hybridized carbons (Fsp3) is 0.235. The summed E-state index contributed by atoms with van der Waals surface area (Å²) in [6.45, 7) is 2.08. The van der Waals surface area contributed by atoms with Gasteiger partial charge in [0, 0.05) is 5.69 Å². The number of phenols is 1. The van der Waals surface area contributed by atoms with E-state index in [1.54, 1.807) is 24.3 Å². The lowest BCUT2D eigenvalue weighted by Gasteiger charge is -2.12. The van der Waals surface area contributed by atoms with Gasteiger partial charge in [-0.15, -0.1) is 0 Å². The van der Waals surface area contributed by atoms with E-state index >= 15 is 0 Å². The topological polar surface area (TPSA) is 75.4 Å². The number of rotatable bonds is 5. The fourth-order valence-electron chi connectivity index (χ4n) is 2.04. The third-order valence-corrected chi connectivity index (χ3v) is 3.36. The lowest BCUT2D eigenvalue weighted by molar-refractivity contribution is -0.117. The quantitative estimate of drug-likeness (QED) is 0.789. The Morgan fingerprint density at radius 1 is 1.10 bits per heavy atom. The van der Waals surface area contributed by atoms with Crippen LogP contribution in [0.15, 0.2) is 48.5 Å². The van der Waals surface area contributed by atoms with Gasteiger partial charge < -0.3 is 16.2 Å². The fourth-order valence-corrected chi connectivity index (χ4v) is 2.04. The zero-order valence-electron chi connectivity index (χ0n) is 12.0. The lowest BCUT2D eigenvalue weighted by atomic mass is 10.1. The molecule has 0 saturated heterocycles. The van der Waals surface area contributed by atoms with Crippen molar-refractivity contribution in [3.05, 3.63) is 59.7 Å². The highest BCUT2D eigenvalue weighted by Crippen LogP contribution is 2.13. The highest BCUT2D eigenvalue weighted by molar-refractivity contribution is 5.94. The van der Waals surface area contributed by atoms with Gasteiger partial charge in [0.1, 0.15) is 5.75 Å². The van der Waals surface area contributed by atoms with E-state index in [1.165, 1.54) is 5.56 Å². The summed E-state index contributed by atoms with van der Waals surface area (Å²) >= 11 is 0. The molecular weight excluding hydrogens is 264 g/mol. The predicted molar refractivity (Wildman–Crippen MR) is 84.2 cm³/mol. The Balaban J connectivity index is 1.93. The van der Waals surface area contributed by atoms with E-state index in [1.807, 2.05) is 24.3 Å². The van der Waals surface area contributed by atoms with E-state index in [0.29, 0.717) is 6.42 Å². The van der Waals surface area contributed by atoms with E-state index in [4.69, 9.17) is 5.73 Å². The molecule has 0 fully saturated rings. The Kier molecular flexibility index (Phi) is 4.95. The molecule has 1 amide bonds. The summed E-state index contributed by atoms with van der Waals surface area (Å²) < 4.78 is 0. The lowest BCUT2D eigenvalue weighted by Crippen LogP contribution is -2.37. The molecule has 21 heavy (non-hydrogen) atoms. The van der Waals surface area contributed by atoms with Gasteiger partial charge in [0.25, 0.3) is 0 Å². The van der Waals surface area contributed by atoms with Crippen LogP contribution in [0.25, 0.3) is 0 Å². The number of nitrogens with two attached hydrogens (primary N) is 1. The first-order valence-electron chi connectivity index (χ1n) is 7.01. The zero-order chi connectivity index (χ0) is 15.2. The normalized spacial score (nSPS) is 11.9. The van der Waals surface area contributed by atoms with Crippen molar-refractivity contribution < 1.29 is 9.90 Å². The molecule has 0 unspecified atom stereocenters. The van der Waals surface area contributed by atoms with Crippen LogP contribution in [-0.4, -0.2) is 17.1 Å². The van der Waals surface area contributed by atoms with Gasteiger partial charge >= 0.3 is 0 Å². The van der Waals surface area contributed by atoms with Crippen molar-refractivity contribution in [1.29, 1.82) is 0 Å². The van der Waals surface area contributed by atoms with Crippen molar-refractivity contribution in [1.82, 2.24) is 0 Å². The maximum atomic E-state index is 12.1. The minimum atomic E-state index is -0.625. The summed E-state index contributed by atoms with van der Waals surface area (Å²) in [5, 5.41) is 12.0. The number of carbonyl (C=O) groups excluding carboxylic acids is 1. The second kappa shape index (κ2) is 6.90. The van der Waals surface area contributed by atoms with Crippen molar-refractivity contribution in [2.75, 3.05) is 5.32 Å². The summed E-state index contributed by atoms with van der Waals surface area (Å²) in [4.78, 5) is 12.1. The molecule has 110 valence electrons. The summed E-state index contributed by atoms with van der Waals surface area (Å²) in [6, 6.07) is 13.8. The summed E-state index contributed by atoms with van der Waals surface area (Å²) in [5.41, 5.74) is 8.80. The SMILES string of the molecule is CCc1ccc(NC(=O)[C@H](N)Cc2ccc(O)cc2)cc1. The highest BCUT2D eigenvalue weighted by atomic mass is 16.3. The molecule has 0 aliphatic heterocycles. The van der Waals surface area contributed by atoms with E-state index < -0.39 is 6.04 Å². The van der Waals surface area contributed by atoms with Crippen molar-refractivity contribution in [2.45, 2.75) is 25.8 Å². The van der Waals surface area contributed by atoms with Gasteiger partial charge in [0.2, 0.25) is 5.91 Å². The molecule has 2 rings (SSSR count). The van der Waals surface area contributed by atoms with Crippen molar-refractivity contribution in [3.63, 3.8) is 0 Å². The average molecular weight is 284 g/mol. The Labute approximate surface area is 124 Å². The minimum Gasteiger partial charge on any atom is -0.508 e. The number of anilines is 1. The average Bonchev–Trinajstić information content (AvgIpc) is 2.50. The van der Waals surface area contributed by atoms with Gasteiger partial charge in [-0.05, 0) is 48.2 Å². The number of carbonyl (C=O) groups is 1. The number of nitrogens with one attached hydrogen (secondary N) is 1. The zero-order valence-corrected chi connectivity index (χ0v) is 12.0. The van der Waals surface area contributed by atoms with Crippen LogP contribution in [0.5, 0.6) is 5.75 Å². The molecule has 0 aliphatic carbocycles. The molecule has 4 heteroatoms. The molecule has 0 bridgehead atoms. The largest absolute Gasteiger partial charge is 0.508 e. The molecule has 2 aromatic rings. The third kappa shape index (κ3) is 4.33. The Morgan fingerprint density at radius 2 is 1.67 bits per heavy atom. The number of aromatic hydroxyl groups is 1. The molecule has 0 saturated carbocycles. The Morgan fingerprint density at radius 3 is 2.24 bits per heavy atom. The molecule has 1 atom stereocenters. The van der Waals surface area contributed by atoms with Crippen molar-refractivity contribution >= 4 is 11.6 Å². The second-order valence-corrected chi connectivity index (χ2v) is 5.02. The molecule has 0 heterocycles. The first-order chi connectivity index (χ1) is 10.1. The van der Waals surface area contributed by atoms with Crippen LogP contribution in [0.1, 0.15) is 18.1 Å². The maximum absolute atomic E-state index is 12.1. The molecule has 4 nitrogen and oxygen atoms in total. The predicted octanol–water partition coefficient (Wildman–Crippen LogP) is 2.46. The van der Waals surface area contributed by atoms with E-state index in [-0.39, 0.29) is 11.7 Å². The summed E-state index contributed by atoms with van der Waals surface area (Å²) in [7, 11) is 0. The highest BCUT2D eigenvalue weighted by Gasteiger charge is 2.14. The number of benzene rings is 2. The third-order valence-electron chi connectivity index (χ3n) is 3.36. The smallest absolute Gasteiger partial charge is 0.241 e. The second-order valence-electron chi connectivity index (χ2n) is 5.02. The summed E-state index contributed by atoms with van der Waals surface area (Å²) in [6.07, 6.45) is 1.40. The number of hydrogen-bond acceptors (Lipinski definition) is 3. The first kappa shape index (κ1) is 15.1. The van der Waals surface area contributed by atoms with Crippen LogP contribution in [0.2, 0.25) is 0 Å². The summed E-state index contributed by atoms with van der Waals surface area (Å²) in [5.74, 6) is -0.0138. The molecule has 0 spiro atoms. The number of hydrogen-bond donors (Lipinski definition) is 3. The van der Waals surface area contributed by atoms with E-state index in [0.717, 1.165) is 17.7 Å². The van der Waals surface area contributed by atoms with Crippen LogP contribution in [0.4, 0.5) is 5.69 Å². The number of phenolic OH excluding ortho intramolecular Hbond substituents is 1. The molecule has 0 aliphatic rings. The van der Waals surface area contributed by atoms with Gasteiger partial charge in [0.15, 0.2) is 0 Å². The molecule has 2 aromatic carbocycles. The van der Waals surface area contributed by atoms with Crippen LogP contribution >= 0.6 is 0 Å². The molecule has 4 N–H and O–H groups in total. The van der Waals surface area contributed by atoms with Gasteiger partial charge in [-0.2, -0.15) is 0 Å². The first-order valence-corrected chi connectivity index (χ1v) is 7.01. The van der Waals surface area contributed by atoms with Gasteiger partial charge in [-0.25, -0.2) is 0 Å². The standard InChI is InChI=1S/C17H20N2O2/c1-2-12-3-7-14(8-4-12)19-17(21)16(18)11-13-5-9-15(20)10-6-13/h3-10,16,20H,2,11,18H2,1H3,(H,19,21)/t16-/m1/s1. The monoisotopic (exact) mass is 284 g/mol. The minimum absolute atomic E-state index is 0.202. The van der Waals surface area contributed by atoms with Crippen LogP contribution in [-0.2, 0) is 17.6 Å². The van der Waals surface area contributed by atoms with Gasteiger partial charge in [-0.3, -0.25) is 4.79 Å². The van der Waals surface area contributed by atoms with Crippen LogP contribution < -0.4 is 11.1 Å². The Bertz CT molecular complexity index is 591. The van der Waals surface area contributed by atoms with Crippen LogP contribution in [0.3, 0.4) is 0 Å². The maximum Gasteiger partial charge on any atom is 0.241 e. The van der Waals surface area contributed by atoms with Crippen molar-refractivity contribution in [3.8, 4) is 5.75 Å². The van der Waals surface area contributed by atoms with E-state index in [2.05, 4.69) is 12.2 Å². The molecule has 0 radical (unpaired) electrons. The molecule has 0 aromatic heterocycles. The number of amides is 1. The Hall–Kier alpha value is -2.33. The van der Waals surface area contributed by atoms with Crippen LogP contribution in [0, 0.1) is 0 Å². The van der Waals surface area contributed by atoms with Gasteiger partial charge in [0.05, 0.1) is 6.04 Å². The van der Waals surface area contributed by atoms with E-state index in [9.17, 15) is 9.90 Å². The van der Waals surface area contributed by atoms with Gasteiger partial charge in [-0.1, -0.05) is 31.2 Å². The molecular formula is C17H20N2O2.